The first-order valence-electron chi connectivity index (χ1n) is 7.70. The van der Waals surface area contributed by atoms with Gasteiger partial charge in [-0.3, -0.25) is 0 Å². The Kier molecular flexibility index (Phi) is 3.94. The predicted octanol–water partition coefficient (Wildman–Crippen LogP) is 5.36. The molecule has 0 amide bonds. The molecule has 1 aromatic carbocycles. The van der Waals surface area contributed by atoms with Crippen LogP contribution in [-0.4, -0.2) is 6.04 Å². The molecule has 0 bridgehead atoms. The highest BCUT2D eigenvalue weighted by Gasteiger charge is 2.38. The standard InChI is InChI=1S/C18H29N/c1-6-9-14-12-18(5,13-17(2,3)4)15-10-7-8-11-16(15)19-14/h7-8,10-11,14,19H,6,9,12-13H2,1-5H3/t14-,18-/m1/s1. The van der Waals surface area contributed by atoms with Gasteiger partial charge in [0.1, 0.15) is 0 Å². The van der Waals surface area contributed by atoms with Crippen molar-refractivity contribution in [3.05, 3.63) is 29.8 Å². The molecule has 19 heavy (non-hydrogen) atoms. The largest absolute Gasteiger partial charge is 0.382 e. The maximum atomic E-state index is 3.74. The fourth-order valence-corrected chi connectivity index (χ4v) is 3.92. The SMILES string of the molecule is CCC[C@@H]1C[C@](C)(CC(C)(C)C)c2ccccc2N1. The van der Waals surface area contributed by atoms with Crippen LogP contribution in [-0.2, 0) is 5.41 Å². The van der Waals surface area contributed by atoms with Gasteiger partial charge < -0.3 is 5.32 Å². The van der Waals surface area contributed by atoms with Crippen molar-refractivity contribution in [2.75, 3.05) is 5.32 Å². The molecule has 0 radical (unpaired) electrons. The van der Waals surface area contributed by atoms with Gasteiger partial charge in [0.2, 0.25) is 0 Å². The fourth-order valence-electron chi connectivity index (χ4n) is 3.92. The Balaban J connectivity index is 2.35. The summed E-state index contributed by atoms with van der Waals surface area (Å²) in [6, 6.07) is 9.53. The highest BCUT2D eigenvalue weighted by atomic mass is 14.9. The Morgan fingerprint density at radius 1 is 1.26 bits per heavy atom. The topological polar surface area (TPSA) is 12.0 Å². The van der Waals surface area contributed by atoms with E-state index < -0.39 is 0 Å². The molecule has 1 aliphatic rings. The molecule has 0 saturated heterocycles. The van der Waals surface area contributed by atoms with E-state index in [0.717, 1.165) is 0 Å². The zero-order valence-corrected chi connectivity index (χ0v) is 13.2. The number of hydrogen-bond donors (Lipinski definition) is 1. The molecule has 0 fully saturated rings. The third kappa shape index (κ3) is 3.32. The Morgan fingerprint density at radius 3 is 2.58 bits per heavy atom. The van der Waals surface area contributed by atoms with Crippen molar-refractivity contribution in [3.63, 3.8) is 0 Å². The Labute approximate surface area is 118 Å². The number of anilines is 1. The molecule has 1 heteroatoms. The molecule has 1 aliphatic heterocycles. The smallest absolute Gasteiger partial charge is 0.0380 e. The zero-order valence-electron chi connectivity index (χ0n) is 13.2. The van der Waals surface area contributed by atoms with E-state index in [-0.39, 0.29) is 0 Å². The number of benzene rings is 1. The highest BCUT2D eigenvalue weighted by molar-refractivity contribution is 5.57. The van der Waals surface area contributed by atoms with E-state index in [1.165, 1.54) is 36.9 Å². The van der Waals surface area contributed by atoms with Gasteiger partial charge in [-0.2, -0.15) is 0 Å². The molecular weight excluding hydrogens is 230 g/mol. The van der Waals surface area contributed by atoms with Crippen LogP contribution < -0.4 is 5.32 Å². The van der Waals surface area contributed by atoms with Crippen molar-refractivity contribution in [2.45, 2.75) is 71.8 Å². The van der Waals surface area contributed by atoms with Crippen LogP contribution in [0.3, 0.4) is 0 Å². The summed E-state index contributed by atoms with van der Waals surface area (Å²) in [4.78, 5) is 0. The number of nitrogens with one attached hydrogen (secondary N) is 1. The van der Waals surface area contributed by atoms with Gasteiger partial charge in [0.25, 0.3) is 0 Å². The zero-order chi connectivity index (χ0) is 14.1. The van der Waals surface area contributed by atoms with Gasteiger partial charge in [-0.05, 0) is 41.7 Å². The lowest BCUT2D eigenvalue weighted by Gasteiger charge is -2.44. The molecule has 0 aliphatic carbocycles. The molecule has 2 rings (SSSR count). The Bertz CT molecular complexity index is 430. The molecule has 106 valence electrons. The lowest BCUT2D eigenvalue weighted by atomic mass is 9.65. The summed E-state index contributed by atoms with van der Waals surface area (Å²) in [5, 5.41) is 3.74. The number of fused-ring (bicyclic) bond motifs is 1. The van der Waals surface area contributed by atoms with E-state index in [9.17, 15) is 0 Å². The molecule has 0 aromatic heterocycles. The molecular formula is C18H29N. The minimum Gasteiger partial charge on any atom is -0.382 e. The number of rotatable bonds is 3. The molecule has 2 atom stereocenters. The minimum atomic E-state index is 0.305. The lowest BCUT2D eigenvalue weighted by Crippen LogP contribution is -2.40. The summed E-state index contributed by atoms with van der Waals surface area (Å²) in [5.41, 5.74) is 3.55. The van der Waals surface area contributed by atoms with E-state index in [2.05, 4.69) is 64.2 Å². The van der Waals surface area contributed by atoms with Crippen molar-refractivity contribution in [2.24, 2.45) is 5.41 Å². The average Bonchev–Trinajstić information content (AvgIpc) is 2.26. The first-order valence-corrected chi connectivity index (χ1v) is 7.70. The quantitative estimate of drug-likeness (QED) is 0.770. The van der Waals surface area contributed by atoms with Crippen LogP contribution in [0.1, 0.15) is 65.9 Å². The summed E-state index contributed by atoms with van der Waals surface area (Å²) in [7, 11) is 0. The molecule has 1 N–H and O–H groups in total. The van der Waals surface area contributed by atoms with Gasteiger partial charge >= 0.3 is 0 Å². The third-order valence-corrected chi connectivity index (χ3v) is 4.19. The van der Waals surface area contributed by atoms with Crippen LogP contribution in [0.4, 0.5) is 5.69 Å². The molecule has 0 spiro atoms. The van der Waals surface area contributed by atoms with Crippen molar-refractivity contribution in [1.29, 1.82) is 0 Å². The van der Waals surface area contributed by atoms with Crippen LogP contribution in [0, 0.1) is 5.41 Å². The highest BCUT2D eigenvalue weighted by Crippen LogP contribution is 2.46. The second-order valence-corrected chi connectivity index (χ2v) is 7.68. The fraction of sp³-hybridized carbons (Fsp3) is 0.667. The third-order valence-electron chi connectivity index (χ3n) is 4.19. The van der Waals surface area contributed by atoms with Crippen molar-refractivity contribution >= 4 is 5.69 Å². The van der Waals surface area contributed by atoms with E-state index >= 15 is 0 Å². The summed E-state index contributed by atoms with van der Waals surface area (Å²) in [6.45, 7) is 11.8. The Morgan fingerprint density at radius 2 is 1.95 bits per heavy atom. The van der Waals surface area contributed by atoms with Crippen molar-refractivity contribution < 1.29 is 0 Å². The monoisotopic (exact) mass is 259 g/mol. The predicted molar refractivity (Wildman–Crippen MR) is 84.8 cm³/mol. The Hall–Kier alpha value is -0.980. The van der Waals surface area contributed by atoms with Crippen LogP contribution in [0.5, 0.6) is 0 Å². The lowest BCUT2D eigenvalue weighted by molar-refractivity contribution is 0.239. The van der Waals surface area contributed by atoms with Gasteiger partial charge in [-0.15, -0.1) is 0 Å². The van der Waals surface area contributed by atoms with Gasteiger partial charge in [-0.1, -0.05) is 59.2 Å². The molecule has 1 aromatic rings. The van der Waals surface area contributed by atoms with Crippen molar-refractivity contribution in [3.8, 4) is 0 Å². The summed E-state index contributed by atoms with van der Waals surface area (Å²) >= 11 is 0. The van der Waals surface area contributed by atoms with Gasteiger partial charge in [-0.25, -0.2) is 0 Å². The second kappa shape index (κ2) is 5.19. The molecule has 0 unspecified atom stereocenters. The maximum Gasteiger partial charge on any atom is 0.0380 e. The number of hydrogen-bond acceptors (Lipinski definition) is 1. The number of para-hydroxylation sites is 1. The van der Waals surface area contributed by atoms with Gasteiger partial charge in [0.05, 0.1) is 0 Å². The van der Waals surface area contributed by atoms with E-state index in [1.54, 1.807) is 0 Å². The van der Waals surface area contributed by atoms with Crippen LogP contribution >= 0.6 is 0 Å². The minimum absolute atomic E-state index is 0.305. The summed E-state index contributed by atoms with van der Waals surface area (Å²) in [5.74, 6) is 0. The van der Waals surface area contributed by atoms with E-state index in [4.69, 9.17) is 0 Å². The van der Waals surface area contributed by atoms with Crippen LogP contribution in [0.15, 0.2) is 24.3 Å². The van der Waals surface area contributed by atoms with Crippen LogP contribution in [0.25, 0.3) is 0 Å². The van der Waals surface area contributed by atoms with Crippen molar-refractivity contribution in [1.82, 2.24) is 0 Å². The normalized spacial score (nSPS) is 26.7. The first-order chi connectivity index (χ1) is 8.84. The van der Waals surface area contributed by atoms with Gasteiger partial charge in [0, 0.05) is 11.7 Å². The van der Waals surface area contributed by atoms with Gasteiger partial charge in [0.15, 0.2) is 0 Å². The molecule has 1 nitrogen and oxygen atoms in total. The average molecular weight is 259 g/mol. The maximum absolute atomic E-state index is 3.74. The molecule has 0 saturated carbocycles. The van der Waals surface area contributed by atoms with E-state index in [1.807, 2.05) is 0 Å². The van der Waals surface area contributed by atoms with E-state index in [0.29, 0.717) is 16.9 Å². The van der Waals surface area contributed by atoms with Crippen LogP contribution in [0.2, 0.25) is 0 Å². The first kappa shape index (κ1) is 14.4. The summed E-state index contributed by atoms with van der Waals surface area (Å²) < 4.78 is 0. The molecule has 1 heterocycles. The summed E-state index contributed by atoms with van der Waals surface area (Å²) in [6.07, 6.45) is 5.04. The second-order valence-electron chi connectivity index (χ2n) is 7.68.